The number of thiophene rings is 1. The van der Waals surface area contributed by atoms with Gasteiger partial charge >= 0.3 is 0 Å². The fourth-order valence-electron chi connectivity index (χ4n) is 2.81. The van der Waals surface area contributed by atoms with Gasteiger partial charge in [-0.15, -0.1) is 11.3 Å². The normalized spacial score (nSPS) is 16.4. The Kier molecular flexibility index (Phi) is 6.64. The Morgan fingerprint density at radius 2 is 1.93 bits per heavy atom. The van der Waals surface area contributed by atoms with Crippen molar-refractivity contribution in [1.82, 2.24) is 9.21 Å². The number of halogens is 2. The molecule has 0 unspecified atom stereocenters. The molecule has 146 valence electrons. The van der Waals surface area contributed by atoms with Crippen molar-refractivity contribution in [2.24, 2.45) is 0 Å². The minimum absolute atomic E-state index is 0.195. The van der Waals surface area contributed by atoms with E-state index in [1.807, 2.05) is 0 Å². The van der Waals surface area contributed by atoms with Crippen LogP contribution < -0.4 is 5.32 Å². The first-order valence-electron chi connectivity index (χ1n) is 8.38. The zero-order chi connectivity index (χ0) is 19.4. The van der Waals surface area contributed by atoms with Crippen LogP contribution in [0.25, 0.3) is 0 Å². The number of nitrogens with zero attached hydrogens (tertiary/aromatic N) is 2. The summed E-state index contributed by atoms with van der Waals surface area (Å²) >= 11 is 4.49. The van der Waals surface area contributed by atoms with E-state index in [2.05, 4.69) is 26.1 Å². The molecule has 27 heavy (non-hydrogen) atoms. The highest BCUT2D eigenvalue weighted by Gasteiger charge is 2.29. The molecule has 0 saturated carbocycles. The Labute approximate surface area is 170 Å². The molecule has 0 radical (unpaired) electrons. The standard InChI is InChI=1S/C17H19BrFN3O3S2/c18-15-4-5-17(26-15)27(24,25)22-10-8-21(9-11-22)7-6-16(23)20-14-3-1-2-13(19)12-14/h1-5,12H,6-11H2,(H,20,23). The lowest BCUT2D eigenvalue weighted by atomic mass is 10.2. The van der Waals surface area contributed by atoms with E-state index in [0.717, 1.165) is 3.79 Å². The highest BCUT2D eigenvalue weighted by atomic mass is 79.9. The van der Waals surface area contributed by atoms with Gasteiger partial charge < -0.3 is 10.2 Å². The lowest BCUT2D eigenvalue weighted by Crippen LogP contribution is -2.48. The Hall–Kier alpha value is -1.33. The van der Waals surface area contributed by atoms with Crippen LogP contribution in [0.3, 0.4) is 0 Å². The maximum atomic E-state index is 13.1. The summed E-state index contributed by atoms with van der Waals surface area (Å²) in [4.78, 5) is 14.1. The maximum absolute atomic E-state index is 13.1. The summed E-state index contributed by atoms with van der Waals surface area (Å²) in [5.41, 5.74) is 0.429. The summed E-state index contributed by atoms with van der Waals surface area (Å²) in [6, 6.07) is 9.09. The first-order valence-corrected chi connectivity index (χ1v) is 11.4. The molecule has 1 fully saturated rings. The third-order valence-corrected chi connectivity index (χ3v) is 8.23. The minimum atomic E-state index is -3.46. The van der Waals surface area contributed by atoms with Crippen LogP contribution in [0.4, 0.5) is 10.1 Å². The number of anilines is 1. The Morgan fingerprint density at radius 3 is 2.56 bits per heavy atom. The highest BCUT2D eigenvalue weighted by molar-refractivity contribution is 9.11. The molecule has 1 amide bonds. The van der Waals surface area contributed by atoms with E-state index < -0.39 is 15.8 Å². The number of carbonyl (C=O) groups is 1. The zero-order valence-corrected chi connectivity index (χ0v) is 17.6. The Bertz CT molecular complexity index is 912. The quantitative estimate of drug-likeness (QED) is 0.696. The lowest BCUT2D eigenvalue weighted by molar-refractivity contribution is -0.116. The van der Waals surface area contributed by atoms with Crippen molar-refractivity contribution in [2.75, 3.05) is 38.0 Å². The van der Waals surface area contributed by atoms with E-state index in [0.29, 0.717) is 42.6 Å². The molecular weight excluding hydrogens is 457 g/mol. The fraction of sp³-hybridized carbons (Fsp3) is 0.353. The molecule has 0 atom stereocenters. The van der Waals surface area contributed by atoms with E-state index in [9.17, 15) is 17.6 Å². The van der Waals surface area contributed by atoms with Gasteiger partial charge in [0.1, 0.15) is 10.0 Å². The first kappa shape index (κ1) is 20.4. The molecule has 3 rings (SSSR count). The zero-order valence-electron chi connectivity index (χ0n) is 14.4. The second kappa shape index (κ2) is 8.78. The van der Waals surface area contributed by atoms with Crippen LogP contribution >= 0.6 is 27.3 Å². The number of rotatable bonds is 6. The van der Waals surface area contributed by atoms with Crippen molar-refractivity contribution in [2.45, 2.75) is 10.6 Å². The summed E-state index contributed by atoms with van der Waals surface area (Å²) < 4.78 is 40.9. The molecule has 1 N–H and O–H groups in total. The van der Waals surface area contributed by atoms with Crippen molar-refractivity contribution in [3.05, 3.63) is 46.0 Å². The number of hydrogen-bond donors (Lipinski definition) is 1. The largest absolute Gasteiger partial charge is 0.326 e. The molecular formula is C17H19BrFN3O3S2. The molecule has 1 aliphatic rings. The first-order chi connectivity index (χ1) is 12.8. The van der Waals surface area contributed by atoms with Gasteiger partial charge in [-0.3, -0.25) is 4.79 Å². The molecule has 1 saturated heterocycles. The Morgan fingerprint density at radius 1 is 1.19 bits per heavy atom. The summed E-state index contributed by atoms with van der Waals surface area (Å²) in [6.07, 6.45) is 0.265. The van der Waals surface area contributed by atoms with E-state index in [-0.39, 0.29) is 12.3 Å². The van der Waals surface area contributed by atoms with Crippen molar-refractivity contribution >= 4 is 48.9 Å². The highest BCUT2D eigenvalue weighted by Crippen LogP contribution is 2.28. The van der Waals surface area contributed by atoms with E-state index in [4.69, 9.17) is 0 Å². The predicted octanol–water partition coefficient (Wildman–Crippen LogP) is 2.98. The topological polar surface area (TPSA) is 69.7 Å². The fourth-order valence-corrected chi connectivity index (χ4v) is 6.39. The van der Waals surface area contributed by atoms with Gasteiger partial charge in [-0.2, -0.15) is 4.31 Å². The third kappa shape index (κ3) is 5.35. The molecule has 1 aromatic carbocycles. The van der Waals surface area contributed by atoms with Crippen LogP contribution in [0, 0.1) is 5.82 Å². The number of amides is 1. The molecule has 2 heterocycles. The average molecular weight is 476 g/mol. The lowest BCUT2D eigenvalue weighted by Gasteiger charge is -2.33. The van der Waals surface area contributed by atoms with Crippen LogP contribution in [0.2, 0.25) is 0 Å². The van der Waals surface area contributed by atoms with Crippen LogP contribution in [0.1, 0.15) is 6.42 Å². The van der Waals surface area contributed by atoms with Crippen LogP contribution in [-0.2, 0) is 14.8 Å². The van der Waals surface area contributed by atoms with Gasteiger partial charge in [0.25, 0.3) is 10.0 Å². The van der Waals surface area contributed by atoms with Gasteiger partial charge in [0.05, 0.1) is 3.79 Å². The predicted molar refractivity (Wildman–Crippen MR) is 107 cm³/mol. The monoisotopic (exact) mass is 475 g/mol. The molecule has 6 nitrogen and oxygen atoms in total. The number of carbonyl (C=O) groups excluding carboxylic acids is 1. The number of benzene rings is 1. The second-order valence-corrected chi connectivity index (χ2v) is 10.7. The van der Waals surface area contributed by atoms with Crippen molar-refractivity contribution in [3.8, 4) is 0 Å². The minimum Gasteiger partial charge on any atom is -0.326 e. The van der Waals surface area contributed by atoms with Gasteiger partial charge in [0.2, 0.25) is 5.91 Å². The smallest absolute Gasteiger partial charge is 0.252 e. The molecule has 10 heteroatoms. The van der Waals surface area contributed by atoms with Crippen molar-refractivity contribution in [3.63, 3.8) is 0 Å². The third-order valence-electron chi connectivity index (χ3n) is 4.24. The molecule has 0 spiro atoms. The van der Waals surface area contributed by atoms with E-state index >= 15 is 0 Å². The number of nitrogens with one attached hydrogen (secondary N) is 1. The number of piperazine rings is 1. The van der Waals surface area contributed by atoms with E-state index in [1.165, 1.54) is 33.8 Å². The summed E-state index contributed by atoms with van der Waals surface area (Å²) in [5, 5.41) is 2.66. The van der Waals surface area contributed by atoms with Crippen LogP contribution in [0.5, 0.6) is 0 Å². The van der Waals surface area contributed by atoms with Crippen molar-refractivity contribution < 1.29 is 17.6 Å². The van der Waals surface area contributed by atoms with Crippen LogP contribution in [-0.4, -0.2) is 56.3 Å². The average Bonchev–Trinajstić information content (AvgIpc) is 3.08. The van der Waals surface area contributed by atoms with Gasteiger partial charge in [0.15, 0.2) is 0 Å². The molecule has 2 aromatic rings. The summed E-state index contributed by atoms with van der Waals surface area (Å²) in [5.74, 6) is -0.595. The van der Waals surface area contributed by atoms with Gasteiger partial charge in [-0.25, -0.2) is 12.8 Å². The maximum Gasteiger partial charge on any atom is 0.252 e. The number of sulfonamides is 1. The van der Waals surface area contributed by atoms with Crippen LogP contribution in [0.15, 0.2) is 44.4 Å². The second-order valence-electron chi connectivity index (χ2n) is 6.11. The van der Waals surface area contributed by atoms with Gasteiger partial charge in [-0.1, -0.05) is 6.07 Å². The van der Waals surface area contributed by atoms with Gasteiger partial charge in [0, 0.05) is 44.8 Å². The van der Waals surface area contributed by atoms with E-state index in [1.54, 1.807) is 18.2 Å². The summed E-state index contributed by atoms with van der Waals surface area (Å²) in [6.45, 7) is 2.45. The van der Waals surface area contributed by atoms with Crippen molar-refractivity contribution in [1.29, 1.82) is 0 Å². The van der Waals surface area contributed by atoms with Gasteiger partial charge in [-0.05, 0) is 46.3 Å². The molecule has 1 aromatic heterocycles. The molecule has 0 bridgehead atoms. The Balaban J connectivity index is 1.46. The number of hydrogen-bond acceptors (Lipinski definition) is 5. The summed E-state index contributed by atoms with van der Waals surface area (Å²) in [7, 11) is -3.46. The molecule has 1 aliphatic heterocycles. The molecule has 0 aliphatic carbocycles. The SMILES string of the molecule is O=C(CCN1CCN(S(=O)(=O)c2ccc(Br)s2)CC1)Nc1cccc(F)c1.